The standard InChI is InChI=1S/C20H27N3O2/c1-15-6-8-17(9-7-15)10-11-23(13-18-5-4-12-25-18)20(24)19-14-22(3)21-16(19)2/h6-9,14,18H,4-5,10-13H2,1-3H3/t18-/m1/s1. The zero-order valence-corrected chi connectivity index (χ0v) is 15.4. The van der Waals surface area contributed by atoms with E-state index in [-0.39, 0.29) is 12.0 Å². The van der Waals surface area contributed by atoms with Crippen molar-refractivity contribution in [1.82, 2.24) is 14.7 Å². The molecule has 0 saturated carbocycles. The summed E-state index contributed by atoms with van der Waals surface area (Å²) in [5.74, 6) is 0.0493. The molecule has 5 heteroatoms. The van der Waals surface area contributed by atoms with Gasteiger partial charge in [-0.15, -0.1) is 0 Å². The molecule has 25 heavy (non-hydrogen) atoms. The van der Waals surface area contributed by atoms with Gasteiger partial charge in [0.25, 0.3) is 5.91 Å². The highest BCUT2D eigenvalue weighted by molar-refractivity contribution is 5.95. The number of carbonyl (C=O) groups excluding carboxylic acids is 1. The number of nitrogens with zero attached hydrogens (tertiary/aromatic N) is 3. The molecule has 0 spiro atoms. The van der Waals surface area contributed by atoms with Crippen LogP contribution in [0.4, 0.5) is 0 Å². The van der Waals surface area contributed by atoms with E-state index >= 15 is 0 Å². The van der Waals surface area contributed by atoms with E-state index in [1.807, 2.05) is 25.1 Å². The Bertz CT molecular complexity index is 715. The molecule has 2 aromatic rings. The van der Waals surface area contributed by atoms with E-state index in [0.717, 1.165) is 31.6 Å². The van der Waals surface area contributed by atoms with Crippen LogP contribution in [0.15, 0.2) is 30.5 Å². The fourth-order valence-corrected chi connectivity index (χ4v) is 3.31. The zero-order chi connectivity index (χ0) is 17.8. The summed E-state index contributed by atoms with van der Waals surface area (Å²) in [5.41, 5.74) is 3.96. The van der Waals surface area contributed by atoms with Crippen molar-refractivity contribution in [2.45, 2.75) is 39.2 Å². The average molecular weight is 341 g/mol. The summed E-state index contributed by atoms with van der Waals surface area (Å²) >= 11 is 0. The molecule has 0 unspecified atom stereocenters. The Morgan fingerprint density at radius 1 is 1.32 bits per heavy atom. The first-order chi connectivity index (χ1) is 12.0. The van der Waals surface area contributed by atoms with Crippen LogP contribution in [0.5, 0.6) is 0 Å². The third kappa shape index (κ3) is 4.48. The molecule has 1 amide bonds. The fraction of sp³-hybridized carbons (Fsp3) is 0.500. The Labute approximate surface area is 149 Å². The molecule has 1 aromatic heterocycles. The number of amides is 1. The molecule has 1 aromatic carbocycles. The van der Waals surface area contributed by atoms with Crippen LogP contribution in [-0.4, -0.2) is 46.4 Å². The van der Waals surface area contributed by atoms with Crippen molar-refractivity contribution in [3.8, 4) is 0 Å². The second-order valence-electron chi connectivity index (χ2n) is 6.92. The van der Waals surface area contributed by atoms with Crippen molar-refractivity contribution in [3.63, 3.8) is 0 Å². The highest BCUT2D eigenvalue weighted by atomic mass is 16.5. The molecule has 0 radical (unpaired) electrons. The molecular formula is C20H27N3O2. The molecule has 0 N–H and O–H groups in total. The number of hydrogen-bond donors (Lipinski definition) is 0. The highest BCUT2D eigenvalue weighted by Gasteiger charge is 2.25. The predicted molar refractivity (Wildman–Crippen MR) is 97.7 cm³/mol. The topological polar surface area (TPSA) is 47.4 Å². The molecule has 0 bridgehead atoms. The van der Waals surface area contributed by atoms with E-state index in [1.54, 1.807) is 4.68 Å². The van der Waals surface area contributed by atoms with Gasteiger partial charge in [-0.1, -0.05) is 29.8 Å². The van der Waals surface area contributed by atoms with Gasteiger partial charge in [-0.2, -0.15) is 5.10 Å². The van der Waals surface area contributed by atoms with Crippen molar-refractivity contribution in [2.75, 3.05) is 19.7 Å². The number of carbonyl (C=O) groups is 1. The zero-order valence-electron chi connectivity index (χ0n) is 15.4. The van der Waals surface area contributed by atoms with Crippen LogP contribution in [0.25, 0.3) is 0 Å². The minimum Gasteiger partial charge on any atom is -0.376 e. The van der Waals surface area contributed by atoms with Gasteiger partial charge in [0, 0.05) is 32.9 Å². The van der Waals surface area contributed by atoms with E-state index in [1.165, 1.54) is 11.1 Å². The predicted octanol–water partition coefficient (Wildman–Crippen LogP) is 2.90. The van der Waals surface area contributed by atoms with E-state index in [9.17, 15) is 4.79 Å². The molecule has 1 atom stereocenters. The van der Waals surface area contributed by atoms with Gasteiger partial charge in [-0.3, -0.25) is 9.48 Å². The van der Waals surface area contributed by atoms with E-state index < -0.39 is 0 Å². The SMILES string of the molecule is Cc1ccc(CCN(C[C@H]2CCCO2)C(=O)c2cn(C)nc2C)cc1. The fourth-order valence-electron chi connectivity index (χ4n) is 3.31. The lowest BCUT2D eigenvalue weighted by Crippen LogP contribution is -2.39. The first-order valence-corrected chi connectivity index (χ1v) is 8.99. The van der Waals surface area contributed by atoms with Crippen LogP contribution >= 0.6 is 0 Å². The molecule has 3 rings (SSSR count). The second-order valence-corrected chi connectivity index (χ2v) is 6.92. The Morgan fingerprint density at radius 3 is 2.68 bits per heavy atom. The maximum absolute atomic E-state index is 13.1. The number of ether oxygens (including phenoxy) is 1. The quantitative estimate of drug-likeness (QED) is 0.812. The Hall–Kier alpha value is -2.14. The number of hydrogen-bond acceptors (Lipinski definition) is 3. The summed E-state index contributed by atoms with van der Waals surface area (Å²) in [4.78, 5) is 15.0. The van der Waals surface area contributed by atoms with Gasteiger partial charge in [0.15, 0.2) is 0 Å². The summed E-state index contributed by atoms with van der Waals surface area (Å²) in [6, 6.07) is 8.51. The van der Waals surface area contributed by atoms with Crippen LogP contribution in [0.3, 0.4) is 0 Å². The molecule has 1 aliphatic heterocycles. The molecule has 1 saturated heterocycles. The van der Waals surface area contributed by atoms with Crippen molar-refractivity contribution in [3.05, 3.63) is 52.8 Å². The lowest BCUT2D eigenvalue weighted by molar-refractivity contribution is 0.0528. The Balaban J connectivity index is 1.72. The summed E-state index contributed by atoms with van der Waals surface area (Å²) in [6.07, 6.45) is 4.92. The van der Waals surface area contributed by atoms with Crippen molar-refractivity contribution in [1.29, 1.82) is 0 Å². The van der Waals surface area contributed by atoms with Gasteiger partial charge in [0.1, 0.15) is 0 Å². The minimum atomic E-state index is 0.0493. The van der Waals surface area contributed by atoms with Crippen LogP contribution < -0.4 is 0 Å². The maximum atomic E-state index is 13.1. The summed E-state index contributed by atoms with van der Waals surface area (Å²) in [7, 11) is 1.85. The minimum absolute atomic E-state index is 0.0493. The number of aryl methyl sites for hydroxylation is 3. The smallest absolute Gasteiger partial charge is 0.257 e. The van der Waals surface area contributed by atoms with E-state index in [0.29, 0.717) is 18.7 Å². The second kappa shape index (κ2) is 7.83. The molecule has 0 aliphatic carbocycles. The van der Waals surface area contributed by atoms with Gasteiger partial charge in [-0.25, -0.2) is 0 Å². The van der Waals surface area contributed by atoms with Crippen LogP contribution in [-0.2, 0) is 18.2 Å². The average Bonchev–Trinajstić information content (AvgIpc) is 3.21. The molecular weight excluding hydrogens is 314 g/mol. The van der Waals surface area contributed by atoms with Gasteiger partial charge in [-0.05, 0) is 38.7 Å². The third-order valence-electron chi connectivity index (χ3n) is 4.77. The van der Waals surface area contributed by atoms with E-state index in [2.05, 4.69) is 36.3 Å². The monoisotopic (exact) mass is 341 g/mol. The van der Waals surface area contributed by atoms with Gasteiger partial charge in [0.2, 0.25) is 0 Å². The molecule has 1 fully saturated rings. The van der Waals surface area contributed by atoms with Crippen molar-refractivity contribution >= 4 is 5.91 Å². The maximum Gasteiger partial charge on any atom is 0.257 e. The summed E-state index contributed by atoms with van der Waals surface area (Å²) in [6.45, 7) is 6.12. The van der Waals surface area contributed by atoms with Crippen LogP contribution in [0.2, 0.25) is 0 Å². The van der Waals surface area contributed by atoms with Crippen molar-refractivity contribution in [2.24, 2.45) is 7.05 Å². The number of aromatic nitrogens is 2. The van der Waals surface area contributed by atoms with Gasteiger partial charge < -0.3 is 9.64 Å². The first kappa shape index (κ1) is 17.7. The lowest BCUT2D eigenvalue weighted by atomic mass is 10.1. The molecule has 2 heterocycles. The highest BCUT2D eigenvalue weighted by Crippen LogP contribution is 2.17. The Morgan fingerprint density at radius 2 is 2.08 bits per heavy atom. The number of rotatable bonds is 6. The molecule has 1 aliphatic rings. The number of benzene rings is 1. The van der Waals surface area contributed by atoms with Gasteiger partial charge >= 0.3 is 0 Å². The Kier molecular flexibility index (Phi) is 5.53. The summed E-state index contributed by atoms with van der Waals surface area (Å²) < 4.78 is 7.46. The molecule has 5 nitrogen and oxygen atoms in total. The van der Waals surface area contributed by atoms with Gasteiger partial charge in [0.05, 0.1) is 17.4 Å². The lowest BCUT2D eigenvalue weighted by Gasteiger charge is -2.25. The van der Waals surface area contributed by atoms with Crippen LogP contribution in [0.1, 0.15) is 40.0 Å². The third-order valence-corrected chi connectivity index (χ3v) is 4.77. The molecule has 134 valence electrons. The van der Waals surface area contributed by atoms with Crippen LogP contribution in [0, 0.1) is 13.8 Å². The summed E-state index contributed by atoms with van der Waals surface area (Å²) in [5, 5.41) is 4.31. The first-order valence-electron chi connectivity index (χ1n) is 8.99. The largest absolute Gasteiger partial charge is 0.376 e. The van der Waals surface area contributed by atoms with Crippen molar-refractivity contribution < 1.29 is 9.53 Å². The normalized spacial score (nSPS) is 17.0. The van der Waals surface area contributed by atoms with E-state index in [4.69, 9.17) is 4.74 Å².